The van der Waals surface area contributed by atoms with Gasteiger partial charge >= 0.3 is 0 Å². The van der Waals surface area contributed by atoms with Gasteiger partial charge in [-0.25, -0.2) is 0 Å². The van der Waals surface area contributed by atoms with Crippen LogP contribution in [0.4, 0.5) is 5.69 Å². The number of nitrogens with zero attached hydrogens (tertiary/aromatic N) is 2. The van der Waals surface area contributed by atoms with Gasteiger partial charge in [-0.3, -0.25) is 15.1 Å². The first-order valence-electron chi connectivity index (χ1n) is 6.21. The first-order chi connectivity index (χ1) is 8.43. The van der Waals surface area contributed by atoms with Gasteiger partial charge in [0.2, 0.25) is 0 Å². The second kappa shape index (κ2) is 6.44. The minimum absolute atomic E-state index is 0.0566. The number of pyridine rings is 1. The molecule has 0 amide bonds. The third kappa shape index (κ3) is 4.07. The Hall–Kier alpha value is -1.49. The lowest BCUT2D eigenvalue weighted by Crippen LogP contribution is -2.29. The number of likely N-dealkylation sites (N-methyl/N-ethyl adjacent to an activating group) is 1. The minimum Gasteiger partial charge on any atom is -0.317 e. The van der Waals surface area contributed by atoms with Crippen LogP contribution in [0.1, 0.15) is 31.5 Å². The molecule has 1 rings (SSSR count). The predicted molar refractivity (Wildman–Crippen MR) is 71.6 cm³/mol. The van der Waals surface area contributed by atoms with E-state index in [2.05, 4.69) is 24.1 Å². The molecular formula is C13H21N3O2. The topological polar surface area (TPSA) is 68.1 Å². The molecule has 0 fully saturated rings. The van der Waals surface area contributed by atoms with Gasteiger partial charge in [0.1, 0.15) is 6.20 Å². The fourth-order valence-corrected chi connectivity index (χ4v) is 2.01. The Labute approximate surface area is 108 Å². The third-order valence-corrected chi connectivity index (χ3v) is 2.99. The molecule has 0 radical (unpaired) electrons. The summed E-state index contributed by atoms with van der Waals surface area (Å²) in [6.45, 7) is 6.23. The highest BCUT2D eigenvalue weighted by molar-refractivity contribution is 5.33. The van der Waals surface area contributed by atoms with Crippen molar-refractivity contribution in [2.24, 2.45) is 5.92 Å². The number of hydrogen-bond donors (Lipinski definition) is 1. The van der Waals surface area contributed by atoms with Gasteiger partial charge < -0.3 is 5.32 Å². The van der Waals surface area contributed by atoms with E-state index in [4.69, 9.17) is 0 Å². The van der Waals surface area contributed by atoms with Crippen LogP contribution < -0.4 is 5.32 Å². The molecule has 1 atom stereocenters. The quantitative estimate of drug-likeness (QED) is 0.623. The van der Waals surface area contributed by atoms with Crippen LogP contribution in [0.25, 0.3) is 0 Å². The fraction of sp³-hybridized carbons (Fsp3) is 0.615. The molecule has 0 aromatic carbocycles. The van der Waals surface area contributed by atoms with E-state index in [0.717, 1.165) is 24.1 Å². The first-order valence-corrected chi connectivity index (χ1v) is 6.21. The van der Waals surface area contributed by atoms with Crippen molar-refractivity contribution in [2.75, 3.05) is 7.05 Å². The molecule has 0 saturated carbocycles. The maximum atomic E-state index is 10.6. The lowest BCUT2D eigenvalue weighted by atomic mass is 9.98. The van der Waals surface area contributed by atoms with Gasteiger partial charge in [-0.1, -0.05) is 13.8 Å². The maximum absolute atomic E-state index is 10.6. The van der Waals surface area contributed by atoms with E-state index >= 15 is 0 Å². The Balaban J connectivity index is 2.80. The van der Waals surface area contributed by atoms with Crippen molar-refractivity contribution in [3.63, 3.8) is 0 Å². The summed E-state index contributed by atoms with van der Waals surface area (Å²) in [5.74, 6) is 0.612. The summed E-state index contributed by atoms with van der Waals surface area (Å²) in [5, 5.41) is 13.9. The number of rotatable bonds is 6. The molecule has 1 aromatic rings. The van der Waals surface area contributed by atoms with Crippen molar-refractivity contribution in [2.45, 2.75) is 39.7 Å². The molecule has 0 aliphatic carbocycles. The van der Waals surface area contributed by atoms with Crippen molar-refractivity contribution in [3.05, 3.63) is 33.6 Å². The lowest BCUT2D eigenvalue weighted by molar-refractivity contribution is -0.385. The second-order valence-electron chi connectivity index (χ2n) is 5.03. The van der Waals surface area contributed by atoms with Crippen LogP contribution in [0.15, 0.2) is 12.3 Å². The molecule has 1 N–H and O–H groups in total. The highest BCUT2D eigenvalue weighted by atomic mass is 16.6. The molecule has 0 aliphatic rings. The van der Waals surface area contributed by atoms with Crippen molar-refractivity contribution in [3.8, 4) is 0 Å². The molecule has 1 unspecified atom stereocenters. The Bertz CT molecular complexity index is 419. The second-order valence-corrected chi connectivity index (χ2v) is 5.03. The number of nitrogens with one attached hydrogen (secondary N) is 1. The first kappa shape index (κ1) is 14.6. The van der Waals surface area contributed by atoms with E-state index in [1.807, 2.05) is 14.0 Å². The Morgan fingerprint density at radius 3 is 2.61 bits per heavy atom. The molecule has 0 bridgehead atoms. The highest BCUT2D eigenvalue weighted by Crippen LogP contribution is 2.17. The predicted octanol–water partition coefficient (Wildman–Crippen LogP) is 2.47. The summed E-state index contributed by atoms with van der Waals surface area (Å²) >= 11 is 0. The zero-order valence-corrected chi connectivity index (χ0v) is 11.4. The van der Waals surface area contributed by atoms with Crippen molar-refractivity contribution in [1.82, 2.24) is 10.3 Å². The molecule has 1 aromatic heterocycles. The summed E-state index contributed by atoms with van der Waals surface area (Å²) in [7, 11) is 1.94. The Morgan fingerprint density at radius 1 is 1.50 bits per heavy atom. The summed E-state index contributed by atoms with van der Waals surface area (Å²) in [6.07, 6.45) is 3.21. The van der Waals surface area contributed by atoms with E-state index in [1.54, 1.807) is 6.07 Å². The highest BCUT2D eigenvalue weighted by Gasteiger charge is 2.14. The van der Waals surface area contributed by atoms with Gasteiger partial charge in [-0.15, -0.1) is 0 Å². The van der Waals surface area contributed by atoms with Gasteiger partial charge in [0, 0.05) is 24.2 Å². The molecule has 100 valence electrons. The monoisotopic (exact) mass is 251 g/mol. The van der Waals surface area contributed by atoms with E-state index in [9.17, 15) is 10.1 Å². The molecule has 5 heteroatoms. The summed E-state index contributed by atoms with van der Waals surface area (Å²) < 4.78 is 0. The maximum Gasteiger partial charge on any atom is 0.287 e. The zero-order chi connectivity index (χ0) is 13.7. The van der Waals surface area contributed by atoms with Crippen LogP contribution >= 0.6 is 0 Å². The van der Waals surface area contributed by atoms with Crippen LogP contribution in [0, 0.1) is 23.0 Å². The van der Waals surface area contributed by atoms with Crippen LogP contribution in [-0.4, -0.2) is 23.0 Å². The SMILES string of the molecule is CNC(Cc1ncc([N+](=O)[O-])cc1C)CC(C)C. The molecule has 18 heavy (non-hydrogen) atoms. The third-order valence-electron chi connectivity index (χ3n) is 2.99. The van der Waals surface area contributed by atoms with Crippen molar-refractivity contribution < 1.29 is 4.92 Å². The molecule has 0 saturated heterocycles. The number of nitro groups is 1. The van der Waals surface area contributed by atoms with E-state index in [0.29, 0.717) is 12.0 Å². The van der Waals surface area contributed by atoms with Gasteiger partial charge in [-0.2, -0.15) is 0 Å². The standard InChI is InChI=1S/C13H21N3O2/c1-9(2)5-11(14-4)7-13-10(3)6-12(8-15-13)16(17)18/h6,8-9,11,14H,5,7H2,1-4H3. The Morgan fingerprint density at radius 2 is 2.17 bits per heavy atom. The van der Waals surface area contributed by atoms with Crippen LogP contribution in [0.5, 0.6) is 0 Å². The summed E-state index contributed by atoms with van der Waals surface area (Å²) in [4.78, 5) is 14.4. The van der Waals surface area contributed by atoms with Crippen LogP contribution in [0.3, 0.4) is 0 Å². The fourth-order valence-electron chi connectivity index (χ4n) is 2.01. The number of aromatic nitrogens is 1. The van der Waals surface area contributed by atoms with E-state index in [1.165, 1.54) is 6.20 Å². The number of hydrogen-bond acceptors (Lipinski definition) is 4. The Kier molecular flexibility index (Phi) is 5.22. The lowest BCUT2D eigenvalue weighted by Gasteiger charge is -2.18. The number of aryl methyl sites for hydroxylation is 1. The van der Waals surface area contributed by atoms with Gasteiger partial charge in [0.05, 0.1) is 4.92 Å². The summed E-state index contributed by atoms with van der Waals surface area (Å²) in [5.41, 5.74) is 1.87. The van der Waals surface area contributed by atoms with E-state index in [-0.39, 0.29) is 5.69 Å². The van der Waals surface area contributed by atoms with Crippen LogP contribution in [0.2, 0.25) is 0 Å². The molecule has 0 spiro atoms. The van der Waals surface area contributed by atoms with Gasteiger partial charge in [-0.05, 0) is 31.9 Å². The van der Waals surface area contributed by atoms with Gasteiger partial charge in [0.25, 0.3) is 5.69 Å². The van der Waals surface area contributed by atoms with Crippen molar-refractivity contribution in [1.29, 1.82) is 0 Å². The largest absolute Gasteiger partial charge is 0.317 e. The summed E-state index contributed by atoms with van der Waals surface area (Å²) in [6, 6.07) is 1.95. The molecule has 0 aliphatic heterocycles. The van der Waals surface area contributed by atoms with Crippen LogP contribution in [-0.2, 0) is 6.42 Å². The minimum atomic E-state index is -0.409. The van der Waals surface area contributed by atoms with Gasteiger partial charge in [0.15, 0.2) is 0 Å². The molecule has 5 nitrogen and oxygen atoms in total. The smallest absolute Gasteiger partial charge is 0.287 e. The van der Waals surface area contributed by atoms with E-state index < -0.39 is 4.92 Å². The van der Waals surface area contributed by atoms with Crippen molar-refractivity contribution >= 4 is 5.69 Å². The molecular weight excluding hydrogens is 230 g/mol. The average Bonchev–Trinajstić information content (AvgIpc) is 2.29. The zero-order valence-electron chi connectivity index (χ0n) is 11.4. The average molecular weight is 251 g/mol. The molecule has 1 heterocycles. The normalized spacial score (nSPS) is 12.7.